The topological polar surface area (TPSA) is 41.6 Å². The predicted molar refractivity (Wildman–Crippen MR) is 86.9 cm³/mol. The molecule has 0 unspecified atom stereocenters. The van der Waals surface area contributed by atoms with Gasteiger partial charge in [0, 0.05) is 23.7 Å². The summed E-state index contributed by atoms with van der Waals surface area (Å²) in [7, 11) is 0. The van der Waals surface area contributed by atoms with Crippen LogP contribution < -0.4 is 0 Å². The van der Waals surface area contributed by atoms with Crippen LogP contribution in [0, 0.1) is 11.3 Å². The number of imidazole rings is 1. The number of hydrogen-bond acceptors (Lipinski definition) is 3. The summed E-state index contributed by atoms with van der Waals surface area (Å²) in [5, 5.41) is 11.2. The van der Waals surface area contributed by atoms with Crippen molar-refractivity contribution in [2.24, 2.45) is 0 Å². The van der Waals surface area contributed by atoms with Gasteiger partial charge in [0.15, 0.2) is 0 Å². The van der Waals surface area contributed by atoms with Crippen LogP contribution in [0.25, 0.3) is 11.0 Å². The summed E-state index contributed by atoms with van der Waals surface area (Å²) >= 11 is 7.66. The molecule has 2 aromatic heterocycles. The van der Waals surface area contributed by atoms with E-state index in [1.807, 2.05) is 18.2 Å². The Labute approximate surface area is 132 Å². The van der Waals surface area contributed by atoms with E-state index in [9.17, 15) is 0 Å². The smallest absolute Gasteiger partial charge is 0.111 e. The molecule has 2 heterocycles. The zero-order valence-corrected chi connectivity index (χ0v) is 13.0. The van der Waals surface area contributed by atoms with Crippen LogP contribution in [-0.2, 0) is 19.4 Å². The Bertz CT molecular complexity index is 784. The maximum atomic E-state index is 9.08. The number of nitrogens with zero attached hydrogens (tertiary/aromatic N) is 3. The number of fused-ring (bicyclic) bond motifs is 1. The second kappa shape index (κ2) is 6.30. The third-order valence-electron chi connectivity index (χ3n) is 3.44. The minimum absolute atomic E-state index is 0.549. The largest absolute Gasteiger partial charge is 0.328 e. The fourth-order valence-corrected chi connectivity index (χ4v) is 3.31. The van der Waals surface area contributed by atoms with Crippen molar-refractivity contribution in [1.29, 1.82) is 5.26 Å². The highest BCUT2D eigenvalue weighted by molar-refractivity contribution is 7.09. The van der Waals surface area contributed by atoms with E-state index in [0.29, 0.717) is 11.4 Å². The maximum Gasteiger partial charge on any atom is 0.111 e. The molecule has 0 N–H and O–H groups in total. The van der Waals surface area contributed by atoms with Crippen LogP contribution in [0.1, 0.15) is 16.3 Å². The van der Waals surface area contributed by atoms with Gasteiger partial charge in [-0.25, -0.2) is 4.98 Å². The van der Waals surface area contributed by atoms with E-state index in [4.69, 9.17) is 16.9 Å². The van der Waals surface area contributed by atoms with E-state index in [-0.39, 0.29) is 0 Å². The van der Waals surface area contributed by atoms with Crippen molar-refractivity contribution in [1.82, 2.24) is 9.55 Å². The summed E-state index contributed by atoms with van der Waals surface area (Å²) in [6.45, 7) is 0.859. The number of hydrogen-bond donors (Lipinski definition) is 0. The molecule has 0 atom stereocenters. The van der Waals surface area contributed by atoms with Crippen LogP contribution in [0.3, 0.4) is 0 Å². The van der Waals surface area contributed by atoms with Crippen molar-refractivity contribution in [2.75, 3.05) is 5.88 Å². The highest BCUT2D eigenvalue weighted by Gasteiger charge is 2.11. The zero-order chi connectivity index (χ0) is 14.7. The second-order valence-corrected chi connectivity index (χ2v) is 6.17. The molecule has 0 saturated heterocycles. The highest BCUT2D eigenvalue weighted by Crippen LogP contribution is 2.20. The highest BCUT2D eigenvalue weighted by atomic mass is 35.5. The van der Waals surface area contributed by atoms with Gasteiger partial charge in [-0.05, 0) is 36.1 Å². The molecule has 0 fully saturated rings. The molecule has 0 aliphatic rings. The van der Waals surface area contributed by atoms with E-state index in [1.54, 1.807) is 11.3 Å². The first-order valence-corrected chi connectivity index (χ1v) is 8.21. The third kappa shape index (κ3) is 2.94. The van der Waals surface area contributed by atoms with Gasteiger partial charge in [-0.2, -0.15) is 5.26 Å². The average molecular weight is 316 g/mol. The molecule has 3 aromatic rings. The lowest BCUT2D eigenvalue weighted by molar-refractivity contribution is 0.679. The molecule has 0 aliphatic carbocycles. The van der Waals surface area contributed by atoms with Gasteiger partial charge >= 0.3 is 0 Å². The van der Waals surface area contributed by atoms with Crippen LogP contribution in [0.15, 0.2) is 35.7 Å². The Hall–Kier alpha value is -1.83. The number of aryl methyl sites for hydroxylation is 3. The van der Waals surface area contributed by atoms with Gasteiger partial charge in [-0.3, -0.25) is 0 Å². The molecule has 106 valence electrons. The average Bonchev–Trinajstić information content (AvgIpc) is 3.12. The van der Waals surface area contributed by atoms with Crippen LogP contribution in [0.4, 0.5) is 0 Å². The fraction of sp³-hybridized carbons (Fsp3) is 0.250. The van der Waals surface area contributed by atoms with Crippen LogP contribution in [-0.4, -0.2) is 15.4 Å². The molecule has 0 radical (unpaired) electrons. The predicted octanol–water partition coefficient (Wildman–Crippen LogP) is 3.99. The van der Waals surface area contributed by atoms with E-state index in [1.165, 1.54) is 4.88 Å². The molecular weight excluding hydrogens is 302 g/mol. The molecule has 21 heavy (non-hydrogen) atoms. The summed E-state index contributed by atoms with van der Waals surface area (Å²) in [5.74, 6) is 1.54. The van der Waals surface area contributed by atoms with Gasteiger partial charge in [0.25, 0.3) is 0 Å². The minimum atomic E-state index is 0.549. The Kier molecular flexibility index (Phi) is 4.23. The summed E-state index contributed by atoms with van der Waals surface area (Å²) in [6, 6.07) is 12.0. The first kappa shape index (κ1) is 14.1. The molecular formula is C16H14ClN3S. The number of aromatic nitrogens is 2. The van der Waals surface area contributed by atoms with E-state index in [0.717, 1.165) is 36.2 Å². The van der Waals surface area contributed by atoms with Gasteiger partial charge in [-0.15, -0.1) is 22.9 Å². The van der Waals surface area contributed by atoms with E-state index < -0.39 is 0 Å². The van der Waals surface area contributed by atoms with Crippen LogP contribution >= 0.6 is 22.9 Å². The molecule has 3 nitrogen and oxygen atoms in total. The van der Waals surface area contributed by atoms with E-state index in [2.05, 4.69) is 33.1 Å². The van der Waals surface area contributed by atoms with Gasteiger partial charge in [0.05, 0.1) is 22.7 Å². The molecule has 1 aromatic carbocycles. The third-order valence-corrected chi connectivity index (χ3v) is 4.56. The minimum Gasteiger partial charge on any atom is -0.328 e. The normalized spacial score (nSPS) is 10.9. The van der Waals surface area contributed by atoms with Crippen molar-refractivity contribution in [3.8, 4) is 6.07 Å². The number of rotatable bonds is 5. The van der Waals surface area contributed by atoms with Crippen molar-refractivity contribution in [3.63, 3.8) is 0 Å². The first-order chi connectivity index (χ1) is 10.3. The summed E-state index contributed by atoms with van der Waals surface area (Å²) in [5.41, 5.74) is 2.61. The lowest BCUT2D eigenvalue weighted by Crippen LogP contribution is -2.06. The van der Waals surface area contributed by atoms with Crippen molar-refractivity contribution < 1.29 is 0 Å². The molecule has 0 spiro atoms. The van der Waals surface area contributed by atoms with Gasteiger partial charge < -0.3 is 4.57 Å². The van der Waals surface area contributed by atoms with Crippen molar-refractivity contribution in [2.45, 2.75) is 19.4 Å². The molecule has 0 aliphatic heterocycles. The van der Waals surface area contributed by atoms with Gasteiger partial charge in [0.2, 0.25) is 0 Å². The van der Waals surface area contributed by atoms with Crippen LogP contribution in [0.2, 0.25) is 0 Å². The molecule has 3 rings (SSSR count). The quantitative estimate of drug-likeness (QED) is 0.668. The number of halogens is 1. The first-order valence-electron chi connectivity index (χ1n) is 6.79. The second-order valence-electron chi connectivity index (χ2n) is 4.76. The standard InChI is InChI=1S/C16H14ClN3S/c17-7-5-16-19-14-4-3-12(11-18)10-15(14)20(16)8-6-13-2-1-9-21-13/h1-4,9-10H,5-8H2. The summed E-state index contributed by atoms with van der Waals surface area (Å²) < 4.78 is 2.19. The van der Waals surface area contributed by atoms with Crippen molar-refractivity contribution >= 4 is 34.0 Å². The van der Waals surface area contributed by atoms with Gasteiger partial charge in [-0.1, -0.05) is 6.07 Å². The Balaban J connectivity index is 1.99. The molecule has 0 amide bonds. The van der Waals surface area contributed by atoms with E-state index >= 15 is 0 Å². The Morgan fingerprint density at radius 1 is 1.29 bits per heavy atom. The monoisotopic (exact) mass is 315 g/mol. The summed E-state index contributed by atoms with van der Waals surface area (Å²) in [4.78, 5) is 6.00. The molecule has 5 heteroatoms. The number of alkyl halides is 1. The molecule has 0 bridgehead atoms. The SMILES string of the molecule is N#Cc1ccc2nc(CCCl)n(CCc3cccs3)c2c1. The Morgan fingerprint density at radius 2 is 2.19 bits per heavy atom. The Morgan fingerprint density at radius 3 is 2.90 bits per heavy atom. The van der Waals surface area contributed by atoms with Crippen molar-refractivity contribution in [3.05, 3.63) is 52.0 Å². The number of nitriles is 1. The maximum absolute atomic E-state index is 9.08. The molecule has 0 saturated carbocycles. The fourth-order valence-electron chi connectivity index (χ4n) is 2.44. The lowest BCUT2D eigenvalue weighted by atomic mass is 10.2. The van der Waals surface area contributed by atoms with Crippen LogP contribution in [0.5, 0.6) is 0 Å². The number of benzene rings is 1. The van der Waals surface area contributed by atoms with Gasteiger partial charge in [0.1, 0.15) is 5.82 Å². The number of thiophene rings is 1. The summed E-state index contributed by atoms with van der Waals surface area (Å²) in [6.07, 6.45) is 1.71. The lowest BCUT2D eigenvalue weighted by Gasteiger charge is -2.07. The zero-order valence-electron chi connectivity index (χ0n) is 11.4.